The van der Waals surface area contributed by atoms with E-state index in [1.165, 1.54) is 0 Å². The normalized spacial score (nSPS) is 20.0. The van der Waals surface area contributed by atoms with Gasteiger partial charge in [0.05, 0.1) is 12.0 Å². The Hall–Kier alpha value is -3.11. The number of para-hydroxylation sites is 2. The summed E-state index contributed by atoms with van der Waals surface area (Å²) >= 11 is 6.08. The Balaban J connectivity index is 1.76. The third-order valence-corrected chi connectivity index (χ3v) is 5.56. The van der Waals surface area contributed by atoms with Gasteiger partial charge in [-0.2, -0.15) is 0 Å². The van der Waals surface area contributed by atoms with Gasteiger partial charge in [0.1, 0.15) is 0 Å². The number of nitrogens with zero attached hydrogens (tertiary/aromatic N) is 1. The summed E-state index contributed by atoms with van der Waals surface area (Å²) in [6.07, 6.45) is 0. The molecule has 4 nitrogen and oxygen atoms in total. The van der Waals surface area contributed by atoms with Gasteiger partial charge in [-0.15, -0.1) is 0 Å². The molecular formula is C24H21ClN2O2. The Kier molecular flexibility index (Phi) is 5.36. The smallest absolute Gasteiger partial charge is 0.295 e. The van der Waals surface area contributed by atoms with E-state index in [-0.39, 0.29) is 11.8 Å². The summed E-state index contributed by atoms with van der Waals surface area (Å²) in [6, 6.07) is 25.7. The number of anilines is 2. The predicted octanol–water partition coefficient (Wildman–Crippen LogP) is 5.11. The van der Waals surface area contributed by atoms with E-state index in [1.807, 2.05) is 79.7 Å². The summed E-state index contributed by atoms with van der Waals surface area (Å²) in [4.78, 5) is 27.8. The van der Waals surface area contributed by atoms with Gasteiger partial charge in [0.25, 0.3) is 5.91 Å². The lowest BCUT2D eigenvalue weighted by molar-refractivity contribution is -0.135. The second-order valence-electron chi connectivity index (χ2n) is 7.20. The molecule has 0 spiro atoms. The van der Waals surface area contributed by atoms with Crippen LogP contribution in [0.4, 0.5) is 11.4 Å². The molecule has 0 radical (unpaired) electrons. The number of Topliss-reactive ketones (excluding diaryl/α,β-unsaturated/α-hetero) is 1. The number of carbonyl (C=O) groups is 2. The standard InChI is InChI=1S/C24H21ClN2O2/c1-16(26-19-8-4-2-5-9-19)21-22(17-12-14-18(25)15-13-17)27(24(29)23(21)28)20-10-6-3-7-11-20/h2-16,21-22,26H,1H3/t16-,21+,22+/m0/s1. The van der Waals surface area contributed by atoms with Crippen molar-refractivity contribution in [2.75, 3.05) is 10.2 Å². The highest BCUT2D eigenvalue weighted by atomic mass is 35.5. The Bertz CT molecular complexity index is 1010. The molecule has 1 heterocycles. The van der Waals surface area contributed by atoms with E-state index >= 15 is 0 Å². The molecule has 1 aliphatic rings. The highest BCUT2D eigenvalue weighted by molar-refractivity contribution is 6.45. The molecule has 0 aliphatic carbocycles. The molecule has 3 aromatic rings. The van der Waals surface area contributed by atoms with Crippen LogP contribution in [-0.2, 0) is 9.59 Å². The molecule has 1 saturated heterocycles. The minimum absolute atomic E-state index is 0.247. The van der Waals surface area contributed by atoms with Gasteiger partial charge in [0.2, 0.25) is 5.78 Å². The Morgan fingerprint density at radius 3 is 2.07 bits per heavy atom. The summed E-state index contributed by atoms with van der Waals surface area (Å²) < 4.78 is 0. The van der Waals surface area contributed by atoms with E-state index in [1.54, 1.807) is 17.0 Å². The molecule has 5 heteroatoms. The highest BCUT2D eigenvalue weighted by Gasteiger charge is 2.50. The van der Waals surface area contributed by atoms with Gasteiger partial charge < -0.3 is 5.32 Å². The summed E-state index contributed by atoms with van der Waals surface area (Å²) in [5, 5.41) is 4.01. The maximum Gasteiger partial charge on any atom is 0.295 e. The first-order valence-electron chi connectivity index (χ1n) is 9.56. The summed E-state index contributed by atoms with van der Waals surface area (Å²) in [5.74, 6) is -1.41. The maximum atomic E-state index is 13.1. The molecule has 1 aliphatic heterocycles. The lowest BCUT2D eigenvalue weighted by Gasteiger charge is -2.31. The number of hydrogen-bond acceptors (Lipinski definition) is 3. The molecule has 1 fully saturated rings. The number of hydrogen-bond donors (Lipinski definition) is 1. The van der Waals surface area contributed by atoms with Crippen molar-refractivity contribution >= 4 is 34.7 Å². The molecule has 0 saturated carbocycles. The second-order valence-corrected chi connectivity index (χ2v) is 7.63. The zero-order valence-electron chi connectivity index (χ0n) is 16.0. The fourth-order valence-electron chi connectivity index (χ4n) is 3.96. The quantitative estimate of drug-likeness (QED) is 0.601. The first-order chi connectivity index (χ1) is 14.1. The molecular weight excluding hydrogens is 384 g/mol. The number of halogens is 1. The lowest BCUT2D eigenvalue weighted by atomic mass is 9.87. The molecule has 29 heavy (non-hydrogen) atoms. The Morgan fingerprint density at radius 1 is 0.862 bits per heavy atom. The van der Waals surface area contributed by atoms with Crippen LogP contribution in [0, 0.1) is 5.92 Å². The van der Waals surface area contributed by atoms with Crippen molar-refractivity contribution < 1.29 is 9.59 Å². The Labute approximate surface area is 175 Å². The first kappa shape index (κ1) is 19.2. The van der Waals surface area contributed by atoms with Crippen molar-refractivity contribution in [3.05, 3.63) is 95.5 Å². The van der Waals surface area contributed by atoms with Crippen molar-refractivity contribution in [2.24, 2.45) is 5.92 Å². The SMILES string of the molecule is C[C@H](Nc1ccccc1)[C@H]1C(=O)C(=O)N(c2ccccc2)[C@@H]1c1ccc(Cl)cc1. The molecule has 0 bridgehead atoms. The van der Waals surface area contributed by atoms with Gasteiger partial charge in [-0.1, -0.05) is 60.1 Å². The number of amides is 1. The zero-order chi connectivity index (χ0) is 20.4. The van der Waals surface area contributed by atoms with Crippen molar-refractivity contribution in [3.8, 4) is 0 Å². The van der Waals surface area contributed by atoms with Gasteiger partial charge in [-0.3, -0.25) is 14.5 Å². The number of nitrogens with one attached hydrogen (secondary N) is 1. The molecule has 146 valence electrons. The molecule has 0 aromatic heterocycles. The molecule has 0 unspecified atom stereocenters. The highest BCUT2D eigenvalue weighted by Crippen LogP contribution is 2.42. The molecule has 3 aromatic carbocycles. The monoisotopic (exact) mass is 404 g/mol. The van der Waals surface area contributed by atoms with E-state index in [0.717, 1.165) is 11.3 Å². The van der Waals surface area contributed by atoms with Crippen molar-refractivity contribution in [3.63, 3.8) is 0 Å². The second kappa shape index (κ2) is 8.10. The lowest BCUT2D eigenvalue weighted by Crippen LogP contribution is -2.34. The van der Waals surface area contributed by atoms with Crippen LogP contribution in [0.5, 0.6) is 0 Å². The van der Waals surface area contributed by atoms with Crippen LogP contribution < -0.4 is 10.2 Å². The number of carbonyl (C=O) groups excluding carboxylic acids is 2. The molecule has 3 atom stereocenters. The van der Waals surface area contributed by atoms with Gasteiger partial charge in [0, 0.05) is 22.4 Å². The van der Waals surface area contributed by atoms with Crippen LogP contribution in [-0.4, -0.2) is 17.7 Å². The minimum atomic E-state index is -0.538. The molecule has 1 N–H and O–H groups in total. The fourth-order valence-corrected chi connectivity index (χ4v) is 4.09. The maximum absolute atomic E-state index is 13.1. The summed E-state index contributed by atoms with van der Waals surface area (Å²) in [7, 11) is 0. The van der Waals surface area contributed by atoms with Crippen LogP contribution in [0.15, 0.2) is 84.9 Å². The average molecular weight is 405 g/mol. The first-order valence-corrected chi connectivity index (χ1v) is 9.93. The molecule has 1 amide bonds. The zero-order valence-corrected chi connectivity index (χ0v) is 16.7. The molecule has 4 rings (SSSR count). The van der Waals surface area contributed by atoms with E-state index in [0.29, 0.717) is 10.7 Å². The van der Waals surface area contributed by atoms with E-state index < -0.39 is 17.9 Å². The number of benzene rings is 3. The van der Waals surface area contributed by atoms with Gasteiger partial charge in [0.15, 0.2) is 0 Å². The predicted molar refractivity (Wildman–Crippen MR) is 116 cm³/mol. The van der Waals surface area contributed by atoms with Crippen molar-refractivity contribution in [2.45, 2.75) is 19.0 Å². The Morgan fingerprint density at radius 2 is 1.45 bits per heavy atom. The van der Waals surface area contributed by atoms with Gasteiger partial charge >= 0.3 is 0 Å². The van der Waals surface area contributed by atoms with Crippen LogP contribution >= 0.6 is 11.6 Å². The van der Waals surface area contributed by atoms with Crippen LogP contribution in [0.25, 0.3) is 0 Å². The van der Waals surface area contributed by atoms with E-state index in [4.69, 9.17) is 11.6 Å². The average Bonchev–Trinajstić information content (AvgIpc) is 3.01. The fraction of sp³-hybridized carbons (Fsp3) is 0.167. The van der Waals surface area contributed by atoms with Crippen LogP contribution in [0.1, 0.15) is 18.5 Å². The summed E-state index contributed by atoms with van der Waals surface area (Å²) in [6.45, 7) is 1.94. The third kappa shape index (κ3) is 3.76. The number of rotatable bonds is 5. The van der Waals surface area contributed by atoms with Crippen molar-refractivity contribution in [1.29, 1.82) is 0 Å². The van der Waals surface area contributed by atoms with E-state index in [2.05, 4.69) is 5.32 Å². The largest absolute Gasteiger partial charge is 0.382 e. The minimum Gasteiger partial charge on any atom is -0.382 e. The summed E-state index contributed by atoms with van der Waals surface area (Å²) in [5.41, 5.74) is 2.50. The topological polar surface area (TPSA) is 49.4 Å². The number of ketones is 1. The van der Waals surface area contributed by atoms with E-state index in [9.17, 15) is 9.59 Å². The van der Waals surface area contributed by atoms with Gasteiger partial charge in [-0.25, -0.2) is 0 Å². The van der Waals surface area contributed by atoms with Crippen LogP contribution in [0.2, 0.25) is 5.02 Å². The van der Waals surface area contributed by atoms with Crippen molar-refractivity contribution in [1.82, 2.24) is 0 Å². The third-order valence-electron chi connectivity index (χ3n) is 5.30. The van der Waals surface area contributed by atoms with Gasteiger partial charge in [-0.05, 0) is 48.9 Å². The van der Waals surface area contributed by atoms with Crippen LogP contribution in [0.3, 0.4) is 0 Å².